The highest BCUT2D eigenvalue weighted by Crippen LogP contribution is 2.54. The van der Waals surface area contributed by atoms with Gasteiger partial charge in [-0.05, 0) is 87.1 Å². The first kappa shape index (κ1) is 33.2. The normalized spacial score (nSPS) is 26.2. The van der Waals surface area contributed by atoms with E-state index in [0.29, 0.717) is 66.6 Å². The summed E-state index contributed by atoms with van der Waals surface area (Å²) in [7, 11) is 0. The van der Waals surface area contributed by atoms with E-state index in [9.17, 15) is 18.3 Å². The Kier molecular flexibility index (Phi) is 7.64. The predicted octanol–water partition coefficient (Wildman–Crippen LogP) is 8.69. The van der Waals surface area contributed by atoms with E-state index in [1.165, 1.54) is 24.3 Å². The number of halogens is 5. The van der Waals surface area contributed by atoms with E-state index in [4.69, 9.17) is 20.6 Å². The van der Waals surface area contributed by atoms with Crippen molar-refractivity contribution < 1.29 is 36.2 Å². The Labute approximate surface area is 296 Å². The molecular weight excluding hydrogens is 679 g/mol. The van der Waals surface area contributed by atoms with Crippen LogP contribution < -0.4 is 9.64 Å². The molecule has 3 aromatic carbocycles. The Morgan fingerprint density at radius 1 is 1.08 bits per heavy atom. The fourth-order valence-electron chi connectivity index (χ4n) is 9.84. The largest absolute Gasteiger partial charge is 0.508 e. The van der Waals surface area contributed by atoms with Crippen molar-refractivity contribution in [3.8, 4) is 35.2 Å². The minimum atomic E-state index is -2.38. The monoisotopic (exact) mass is 716 g/mol. The number of terminal acetylenes is 1. The van der Waals surface area contributed by atoms with Crippen molar-refractivity contribution in [2.24, 2.45) is 11.3 Å². The summed E-state index contributed by atoms with van der Waals surface area (Å²) in [4.78, 5) is 13.7. The van der Waals surface area contributed by atoms with Crippen molar-refractivity contribution in [3.05, 3.63) is 53.3 Å². The molecular formula is C40H37F5N4O3. The summed E-state index contributed by atoms with van der Waals surface area (Å²) >= 11 is 0. The van der Waals surface area contributed by atoms with Crippen LogP contribution in [0.1, 0.15) is 56.3 Å². The summed E-state index contributed by atoms with van der Waals surface area (Å²) in [5.74, 6) is 0.901. The van der Waals surface area contributed by atoms with Gasteiger partial charge in [0.05, 0.1) is 22.1 Å². The van der Waals surface area contributed by atoms with E-state index in [2.05, 4.69) is 15.8 Å². The van der Waals surface area contributed by atoms with Crippen molar-refractivity contribution in [1.82, 2.24) is 14.9 Å². The Morgan fingerprint density at radius 2 is 1.88 bits per heavy atom. The van der Waals surface area contributed by atoms with Gasteiger partial charge >= 0.3 is 6.01 Å². The van der Waals surface area contributed by atoms with E-state index < -0.39 is 35.7 Å². The van der Waals surface area contributed by atoms with Crippen LogP contribution in [0, 0.1) is 42.2 Å². The van der Waals surface area contributed by atoms with Crippen LogP contribution in [0.25, 0.3) is 43.8 Å². The van der Waals surface area contributed by atoms with Crippen LogP contribution in [0.15, 0.2) is 34.7 Å². The molecule has 52 heavy (non-hydrogen) atoms. The lowest BCUT2D eigenvalue weighted by Crippen LogP contribution is -2.52. The number of fused-ring (bicyclic) bond motifs is 5. The van der Waals surface area contributed by atoms with Gasteiger partial charge in [-0.2, -0.15) is 9.97 Å². The van der Waals surface area contributed by atoms with E-state index >= 15 is 8.78 Å². The van der Waals surface area contributed by atoms with Crippen molar-refractivity contribution in [2.75, 3.05) is 37.7 Å². The van der Waals surface area contributed by atoms with Gasteiger partial charge in [0, 0.05) is 48.3 Å². The number of piperidine rings is 1. The molecule has 0 amide bonds. The molecule has 1 spiro atoms. The van der Waals surface area contributed by atoms with Gasteiger partial charge in [0.15, 0.2) is 5.82 Å². The number of aromatic nitrogens is 2. The number of ether oxygens (including phenoxy) is 1. The summed E-state index contributed by atoms with van der Waals surface area (Å²) in [5, 5.41) is 12.3. The van der Waals surface area contributed by atoms with Gasteiger partial charge in [-0.25, -0.2) is 22.0 Å². The number of anilines is 1. The zero-order valence-electron chi connectivity index (χ0n) is 28.6. The molecule has 0 unspecified atom stereocenters. The molecule has 1 saturated carbocycles. The van der Waals surface area contributed by atoms with Crippen molar-refractivity contribution >= 4 is 38.5 Å². The van der Waals surface area contributed by atoms with Gasteiger partial charge in [-0.3, -0.25) is 4.90 Å². The highest BCUT2D eigenvalue weighted by molar-refractivity contribution is 6.18. The number of furan rings is 1. The van der Waals surface area contributed by atoms with Crippen molar-refractivity contribution in [2.45, 2.75) is 70.0 Å². The smallest absolute Gasteiger partial charge is 0.319 e. The summed E-state index contributed by atoms with van der Waals surface area (Å²) in [6, 6.07) is 7.08. The molecule has 0 bridgehead atoms. The summed E-state index contributed by atoms with van der Waals surface area (Å²) in [6.07, 6.45) is 6.73. The standard InChI is InChI=1S/C40H37F5N4O3/c1-3-26-29(42)7-6-22-13-25(50)14-27(30(22)26)31-33(43)34-32(28-12-21(2)52-35(28)31)37(48-10-4-8-39(19-48)15-23(16-39)36(44)45)47-38(46-34)51-20-40-9-5-11-49(40)18-24(41)17-40/h1,6-7,12-14,23-24,36,50H,4-5,8-11,15-20H2,2H3/t23?,24-,39?,40+/m1/s1. The molecule has 2 aromatic heterocycles. The Bertz CT molecular complexity index is 2310. The summed E-state index contributed by atoms with van der Waals surface area (Å²) in [6.45, 7) is 3.93. The first-order valence-corrected chi connectivity index (χ1v) is 17.9. The predicted molar refractivity (Wildman–Crippen MR) is 188 cm³/mol. The Balaban J connectivity index is 1.26. The van der Waals surface area contributed by atoms with Gasteiger partial charge < -0.3 is 19.2 Å². The van der Waals surface area contributed by atoms with E-state index in [0.717, 1.165) is 32.2 Å². The van der Waals surface area contributed by atoms with Crippen LogP contribution in [0.5, 0.6) is 11.8 Å². The number of nitrogens with zero attached hydrogens (tertiary/aromatic N) is 4. The van der Waals surface area contributed by atoms with Crippen LogP contribution in [-0.4, -0.2) is 70.9 Å². The third-order valence-corrected chi connectivity index (χ3v) is 12.1. The van der Waals surface area contributed by atoms with Gasteiger partial charge in [0.25, 0.3) is 0 Å². The molecule has 4 fully saturated rings. The fraction of sp³-hybridized carbons (Fsp3) is 0.450. The number of rotatable bonds is 6. The quantitative estimate of drug-likeness (QED) is 0.139. The van der Waals surface area contributed by atoms with Crippen LogP contribution in [0.3, 0.4) is 0 Å². The maximum atomic E-state index is 17.6. The summed E-state index contributed by atoms with van der Waals surface area (Å²) in [5.41, 5.74) is -0.842. The number of hydrogen-bond donors (Lipinski definition) is 1. The molecule has 4 aliphatic rings. The molecule has 1 aliphatic carbocycles. The molecule has 12 heteroatoms. The SMILES string of the molecule is C#Cc1c(F)ccc2cc(O)cc(-c3c(F)c4nc(OC[C@@]56CCCN5C[C@H](F)C6)nc(N5CCCC6(CC(C(F)F)C6)C5)c4c4cc(C)oc34)c12. The van der Waals surface area contributed by atoms with Crippen molar-refractivity contribution in [3.63, 3.8) is 0 Å². The lowest BCUT2D eigenvalue weighted by Gasteiger charge is -2.53. The molecule has 9 rings (SSSR count). The fourth-order valence-corrected chi connectivity index (χ4v) is 9.84. The molecule has 1 N–H and O–H groups in total. The number of alkyl halides is 3. The molecule has 5 aromatic rings. The van der Waals surface area contributed by atoms with Gasteiger partial charge in [-0.15, -0.1) is 6.42 Å². The topological polar surface area (TPSA) is 74.9 Å². The maximum Gasteiger partial charge on any atom is 0.319 e. The number of aryl methyl sites for hydroxylation is 1. The van der Waals surface area contributed by atoms with Crippen LogP contribution in [-0.2, 0) is 0 Å². The number of aromatic hydroxyl groups is 1. The zero-order valence-corrected chi connectivity index (χ0v) is 28.6. The summed E-state index contributed by atoms with van der Waals surface area (Å²) < 4.78 is 87.2. The van der Waals surface area contributed by atoms with Crippen LogP contribution in [0.4, 0.5) is 27.8 Å². The van der Waals surface area contributed by atoms with E-state index in [1.807, 2.05) is 4.90 Å². The average Bonchev–Trinajstić information content (AvgIpc) is 3.77. The van der Waals surface area contributed by atoms with Gasteiger partial charge in [0.2, 0.25) is 6.43 Å². The first-order valence-electron chi connectivity index (χ1n) is 17.9. The zero-order chi connectivity index (χ0) is 36.1. The Hall–Kier alpha value is -4.63. The van der Waals surface area contributed by atoms with Gasteiger partial charge in [-0.1, -0.05) is 12.0 Å². The number of phenolic OH excluding ortho intramolecular Hbond substituents is 1. The van der Waals surface area contributed by atoms with Crippen LogP contribution >= 0.6 is 0 Å². The van der Waals surface area contributed by atoms with E-state index in [-0.39, 0.29) is 57.0 Å². The second-order valence-corrected chi connectivity index (χ2v) is 15.4. The highest BCUT2D eigenvalue weighted by atomic mass is 19.3. The average molecular weight is 717 g/mol. The molecule has 3 aliphatic heterocycles. The highest BCUT2D eigenvalue weighted by Gasteiger charge is 2.51. The number of hydrogen-bond acceptors (Lipinski definition) is 7. The lowest BCUT2D eigenvalue weighted by molar-refractivity contribution is -0.0577. The third-order valence-electron chi connectivity index (χ3n) is 12.1. The molecule has 270 valence electrons. The molecule has 7 nitrogen and oxygen atoms in total. The molecule has 2 atom stereocenters. The second-order valence-electron chi connectivity index (χ2n) is 15.4. The Morgan fingerprint density at radius 3 is 2.67 bits per heavy atom. The number of phenols is 1. The van der Waals surface area contributed by atoms with E-state index in [1.54, 1.807) is 13.0 Å². The minimum Gasteiger partial charge on any atom is -0.508 e. The van der Waals surface area contributed by atoms with Crippen molar-refractivity contribution in [1.29, 1.82) is 0 Å². The lowest BCUT2D eigenvalue weighted by atomic mass is 9.58. The molecule has 3 saturated heterocycles. The van der Waals surface area contributed by atoms with Crippen LogP contribution in [0.2, 0.25) is 0 Å². The minimum absolute atomic E-state index is 0.0697. The second kappa shape index (κ2) is 12.0. The number of benzene rings is 3. The first-order chi connectivity index (χ1) is 25.0. The molecule has 0 radical (unpaired) electrons. The molecule has 5 heterocycles. The van der Waals surface area contributed by atoms with Gasteiger partial charge in [0.1, 0.15) is 47.0 Å². The maximum absolute atomic E-state index is 17.6. The third kappa shape index (κ3) is 5.10.